The van der Waals surface area contributed by atoms with Gasteiger partial charge in [0.25, 0.3) is 0 Å². The van der Waals surface area contributed by atoms with Crippen LogP contribution in [0.4, 0.5) is 10.6 Å². The van der Waals surface area contributed by atoms with Crippen molar-refractivity contribution in [2.45, 2.75) is 24.5 Å². The van der Waals surface area contributed by atoms with Crippen LogP contribution in [-0.4, -0.2) is 57.5 Å². The molecule has 2 aromatic heterocycles. The quantitative estimate of drug-likeness (QED) is 0.345. The molecule has 0 saturated carbocycles. The van der Waals surface area contributed by atoms with Crippen LogP contribution in [0.25, 0.3) is 0 Å². The third kappa shape index (κ3) is 4.24. The van der Waals surface area contributed by atoms with Crippen LogP contribution in [0.3, 0.4) is 0 Å². The molecule has 0 aliphatic carbocycles. The molecule has 2 atom stereocenters. The number of esters is 1. The maximum absolute atomic E-state index is 13.4. The van der Waals surface area contributed by atoms with Crippen molar-refractivity contribution < 1.29 is 45.3 Å². The normalized spacial score (nSPS) is 25.0. The van der Waals surface area contributed by atoms with Crippen LogP contribution < -0.4 is 22.3 Å². The van der Waals surface area contributed by atoms with Gasteiger partial charge >= 0.3 is 12.0 Å². The van der Waals surface area contributed by atoms with Crippen molar-refractivity contribution in [3.05, 3.63) is 78.4 Å². The molecule has 9 nitrogen and oxygen atoms in total. The van der Waals surface area contributed by atoms with E-state index in [1.807, 2.05) is 6.07 Å². The molecule has 1 aromatic carbocycles. The first-order chi connectivity index (χ1) is 16.0. The van der Waals surface area contributed by atoms with Gasteiger partial charge in [0.2, 0.25) is 5.60 Å². The standard InChI is InChI=1S/C24H24N4O5.BrH/c29-22(24(31,19-10-14-32-16-19)18-5-2-1-3-6-18)33-20-15-28(12-8-17(20)9-13-28)23(30)26-21-7-4-11-25-27-21;/h1-7,10-11,14,16-17,20,31H,8-9,12-13,15H2;1H/t17?,20-,24?,28?;/m0./s1. The van der Waals surface area contributed by atoms with Gasteiger partial charge < -0.3 is 31.2 Å². The summed E-state index contributed by atoms with van der Waals surface area (Å²) in [6.45, 7) is 1.67. The van der Waals surface area contributed by atoms with Gasteiger partial charge in [-0.25, -0.2) is 14.1 Å². The molecule has 34 heavy (non-hydrogen) atoms. The van der Waals surface area contributed by atoms with E-state index in [0.717, 1.165) is 12.8 Å². The number of anilines is 1. The maximum atomic E-state index is 13.4. The number of nitrogens with zero attached hydrogens (tertiary/aromatic N) is 3. The summed E-state index contributed by atoms with van der Waals surface area (Å²) in [5.74, 6) is -0.251. The summed E-state index contributed by atoms with van der Waals surface area (Å²) >= 11 is 0. The molecule has 3 aromatic rings. The third-order valence-electron chi connectivity index (χ3n) is 6.83. The predicted octanol–water partition coefficient (Wildman–Crippen LogP) is -0.306. The number of fused-ring (bicyclic) bond motifs is 3. The van der Waals surface area contributed by atoms with Gasteiger partial charge in [-0.05, 0) is 23.8 Å². The minimum Gasteiger partial charge on any atom is -1.00 e. The molecule has 6 rings (SSSR count). The summed E-state index contributed by atoms with van der Waals surface area (Å²) in [4.78, 5) is 26.6. The Morgan fingerprint density at radius 3 is 2.50 bits per heavy atom. The van der Waals surface area contributed by atoms with E-state index in [4.69, 9.17) is 9.15 Å². The Hall–Kier alpha value is -3.08. The van der Waals surface area contributed by atoms with E-state index in [0.29, 0.717) is 36.6 Å². The van der Waals surface area contributed by atoms with Crippen LogP contribution in [0.5, 0.6) is 0 Å². The molecule has 3 fully saturated rings. The van der Waals surface area contributed by atoms with Gasteiger partial charge in [-0.2, -0.15) is 5.10 Å². The average Bonchev–Trinajstić information content (AvgIpc) is 3.41. The second kappa shape index (κ2) is 9.65. The Labute approximate surface area is 207 Å². The monoisotopic (exact) mass is 528 g/mol. The maximum Gasteiger partial charge on any atom is 0.422 e. The molecule has 3 saturated heterocycles. The van der Waals surface area contributed by atoms with Crippen LogP contribution >= 0.6 is 0 Å². The largest absolute Gasteiger partial charge is 1.00 e. The first-order valence-corrected chi connectivity index (χ1v) is 11.0. The van der Waals surface area contributed by atoms with Crippen LogP contribution in [0.1, 0.15) is 24.0 Å². The number of rotatable bonds is 5. The number of furan rings is 1. The average molecular weight is 529 g/mol. The lowest BCUT2D eigenvalue weighted by molar-refractivity contribution is -0.869. The van der Waals surface area contributed by atoms with E-state index in [1.54, 1.807) is 42.5 Å². The Bertz CT molecular complexity index is 1120. The van der Waals surface area contributed by atoms with Gasteiger partial charge in [0.05, 0.1) is 25.6 Å². The number of amides is 2. The van der Waals surface area contributed by atoms with E-state index in [1.165, 1.54) is 18.7 Å². The van der Waals surface area contributed by atoms with Crippen LogP contribution in [0, 0.1) is 5.92 Å². The molecule has 178 valence electrons. The molecule has 2 amide bonds. The molecular formula is C24H25BrN4O5. The fraction of sp³-hybridized carbons (Fsp3) is 0.333. The number of hydrogen-bond acceptors (Lipinski definition) is 7. The van der Waals surface area contributed by atoms with Crippen molar-refractivity contribution in [2.75, 3.05) is 25.0 Å². The van der Waals surface area contributed by atoms with Gasteiger partial charge in [-0.15, -0.1) is 5.10 Å². The summed E-state index contributed by atoms with van der Waals surface area (Å²) in [5.41, 5.74) is -1.32. The third-order valence-corrected chi connectivity index (χ3v) is 6.83. The van der Waals surface area contributed by atoms with Crippen molar-refractivity contribution in [3.8, 4) is 0 Å². The predicted molar refractivity (Wildman–Crippen MR) is 117 cm³/mol. The van der Waals surface area contributed by atoms with Crippen LogP contribution in [0.2, 0.25) is 0 Å². The van der Waals surface area contributed by atoms with E-state index in [2.05, 4.69) is 15.5 Å². The summed E-state index contributed by atoms with van der Waals surface area (Å²) in [6.07, 6.45) is 5.30. The number of carbonyl (C=O) groups is 2. The Morgan fingerprint density at radius 1 is 1.09 bits per heavy atom. The number of halogens is 1. The van der Waals surface area contributed by atoms with Crippen molar-refractivity contribution in [3.63, 3.8) is 0 Å². The van der Waals surface area contributed by atoms with Crippen molar-refractivity contribution >= 4 is 17.8 Å². The van der Waals surface area contributed by atoms with E-state index in [9.17, 15) is 14.7 Å². The zero-order chi connectivity index (χ0) is 22.9. The zero-order valence-corrected chi connectivity index (χ0v) is 19.9. The SMILES string of the molecule is O=C(O[C@H]1C[N+]2(C(=O)Nc3cccnn3)CCC1CC2)C(O)(c1ccccc1)c1ccoc1.[Br-]. The number of aliphatic hydroxyl groups is 1. The minimum atomic E-state index is -2.01. The van der Waals surface area contributed by atoms with Gasteiger partial charge in [0.1, 0.15) is 6.54 Å². The molecule has 2 N–H and O–H groups in total. The van der Waals surface area contributed by atoms with Crippen LogP contribution in [0.15, 0.2) is 71.7 Å². The van der Waals surface area contributed by atoms with E-state index < -0.39 is 17.7 Å². The minimum absolute atomic E-state index is 0. The number of carbonyl (C=O) groups excluding carboxylic acids is 2. The highest BCUT2D eigenvalue weighted by Crippen LogP contribution is 2.38. The number of aromatic nitrogens is 2. The number of ether oxygens (including phenoxy) is 1. The highest BCUT2D eigenvalue weighted by molar-refractivity contribution is 5.85. The molecule has 0 spiro atoms. The summed E-state index contributed by atoms with van der Waals surface area (Å²) in [6, 6.07) is 13.4. The molecular weight excluding hydrogens is 504 g/mol. The number of benzene rings is 1. The highest BCUT2D eigenvalue weighted by atomic mass is 79.9. The molecule has 5 heterocycles. The second-order valence-corrected chi connectivity index (χ2v) is 8.68. The van der Waals surface area contributed by atoms with Crippen LogP contribution in [-0.2, 0) is 15.1 Å². The molecule has 3 aliphatic heterocycles. The summed E-state index contributed by atoms with van der Waals surface area (Å²) < 4.78 is 11.2. The Morgan fingerprint density at radius 2 is 1.85 bits per heavy atom. The zero-order valence-electron chi connectivity index (χ0n) is 18.3. The number of urea groups is 1. The fourth-order valence-corrected chi connectivity index (χ4v) is 4.92. The first-order valence-electron chi connectivity index (χ1n) is 11.0. The van der Waals surface area contributed by atoms with Crippen molar-refractivity contribution in [1.29, 1.82) is 0 Å². The number of hydrogen-bond donors (Lipinski definition) is 2. The van der Waals surface area contributed by atoms with Gasteiger partial charge in [0, 0.05) is 30.5 Å². The molecule has 10 heteroatoms. The van der Waals surface area contributed by atoms with E-state index in [-0.39, 0.29) is 33.4 Å². The summed E-state index contributed by atoms with van der Waals surface area (Å²) in [5, 5.41) is 22.1. The summed E-state index contributed by atoms with van der Waals surface area (Å²) in [7, 11) is 0. The van der Waals surface area contributed by atoms with Crippen molar-refractivity contribution in [2.24, 2.45) is 5.92 Å². The lowest BCUT2D eigenvalue weighted by atomic mass is 9.83. The molecule has 1 unspecified atom stereocenters. The lowest BCUT2D eigenvalue weighted by Gasteiger charge is -2.49. The number of quaternary nitrogens is 1. The molecule has 2 bridgehead atoms. The number of nitrogens with one attached hydrogen (secondary N) is 1. The molecule has 3 aliphatic rings. The van der Waals surface area contributed by atoms with Gasteiger partial charge in [0.15, 0.2) is 11.9 Å². The Balaban J connectivity index is 0.00000274. The van der Waals surface area contributed by atoms with Gasteiger partial charge in [-0.3, -0.25) is 5.32 Å². The molecule has 0 radical (unpaired) electrons. The van der Waals surface area contributed by atoms with Crippen molar-refractivity contribution in [1.82, 2.24) is 10.2 Å². The lowest BCUT2D eigenvalue weighted by Crippen LogP contribution is -3.00. The Kier molecular flexibility index (Phi) is 6.83. The second-order valence-electron chi connectivity index (χ2n) is 8.68. The number of piperidine rings is 3. The fourth-order valence-electron chi connectivity index (χ4n) is 4.92. The smallest absolute Gasteiger partial charge is 0.422 e. The first kappa shape index (κ1) is 24.1. The van der Waals surface area contributed by atoms with E-state index >= 15 is 0 Å². The highest BCUT2D eigenvalue weighted by Gasteiger charge is 2.54. The van der Waals surface area contributed by atoms with Gasteiger partial charge in [-0.1, -0.05) is 30.3 Å². The topological polar surface area (TPSA) is 115 Å².